The van der Waals surface area contributed by atoms with Crippen molar-refractivity contribution in [1.29, 1.82) is 0 Å². The third-order valence-corrected chi connectivity index (χ3v) is 2.81. The van der Waals surface area contributed by atoms with Gasteiger partial charge in [0.1, 0.15) is 0 Å². The van der Waals surface area contributed by atoms with E-state index in [1.54, 1.807) is 6.92 Å². The van der Waals surface area contributed by atoms with Crippen molar-refractivity contribution >= 4 is 27.5 Å². The van der Waals surface area contributed by atoms with Gasteiger partial charge in [0.05, 0.1) is 0 Å². The highest BCUT2D eigenvalue weighted by Gasteiger charge is 2.08. The maximum absolute atomic E-state index is 5.96. The fourth-order valence-corrected chi connectivity index (χ4v) is 1.84. The quantitative estimate of drug-likeness (QED) is 0.819. The molecule has 1 aromatic rings. The molecule has 1 atom stereocenters. The number of benzene rings is 1. The highest BCUT2D eigenvalue weighted by molar-refractivity contribution is 9.10. The molecule has 0 aliphatic heterocycles. The van der Waals surface area contributed by atoms with Gasteiger partial charge in [0.2, 0.25) is 0 Å². The number of rotatable bonds is 2. The van der Waals surface area contributed by atoms with Gasteiger partial charge in [0.25, 0.3) is 0 Å². The van der Waals surface area contributed by atoms with Gasteiger partial charge in [0.15, 0.2) is 0 Å². The second-order valence-corrected chi connectivity index (χ2v) is 4.19. The lowest BCUT2D eigenvalue weighted by Crippen LogP contribution is -2.09. The van der Waals surface area contributed by atoms with Crippen LogP contribution in [0.2, 0.25) is 5.02 Å². The SMILES string of the molecule is CC#CCC(N)c1cc(Cl)ccc1Br. The Balaban J connectivity index is 2.91. The molecule has 0 aromatic heterocycles. The minimum atomic E-state index is -0.0875. The molecule has 1 rings (SSSR count). The van der Waals surface area contributed by atoms with Crippen molar-refractivity contribution in [2.45, 2.75) is 19.4 Å². The molecule has 1 aromatic carbocycles. The second kappa shape index (κ2) is 5.41. The summed E-state index contributed by atoms with van der Waals surface area (Å²) in [6, 6.07) is 5.51. The Hall–Kier alpha value is -0.490. The molecule has 1 nitrogen and oxygen atoms in total. The molecular formula is C11H11BrClN. The lowest BCUT2D eigenvalue weighted by Gasteiger charge is -2.11. The van der Waals surface area contributed by atoms with Crippen molar-refractivity contribution in [1.82, 2.24) is 0 Å². The predicted octanol–water partition coefficient (Wildman–Crippen LogP) is 3.52. The summed E-state index contributed by atoms with van der Waals surface area (Å²) in [6.45, 7) is 1.81. The molecule has 3 heteroatoms. The number of halogens is 2. The van der Waals surface area contributed by atoms with Gasteiger partial charge in [0, 0.05) is 22.0 Å². The first-order chi connectivity index (χ1) is 6.65. The zero-order chi connectivity index (χ0) is 10.6. The average Bonchev–Trinajstić information content (AvgIpc) is 2.18. The molecule has 2 N–H and O–H groups in total. The number of hydrogen-bond donors (Lipinski definition) is 1. The van der Waals surface area contributed by atoms with Crippen molar-refractivity contribution in [3.05, 3.63) is 33.3 Å². The van der Waals surface area contributed by atoms with E-state index in [0.29, 0.717) is 11.4 Å². The Labute approximate surface area is 97.8 Å². The standard InChI is InChI=1S/C11H11BrClN/c1-2-3-4-11(14)9-7-8(13)5-6-10(9)12/h5-7,11H,4,14H2,1H3. The van der Waals surface area contributed by atoms with Gasteiger partial charge in [-0.3, -0.25) is 0 Å². The predicted molar refractivity (Wildman–Crippen MR) is 64.1 cm³/mol. The van der Waals surface area contributed by atoms with Gasteiger partial charge in [-0.05, 0) is 30.7 Å². The molecule has 0 aliphatic carbocycles. The van der Waals surface area contributed by atoms with E-state index < -0.39 is 0 Å². The second-order valence-electron chi connectivity index (χ2n) is 2.90. The Morgan fingerprint density at radius 1 is 1.57 bits per heavy atom. The third kappa shape index (κ3) is 3.02. The van der Waals surface area contributed by atoms with Crippen LogP contribution in [0.25, 0.3) is 0 Å². The molecule has 0 bridgehead atoms. The van der Waals surface area contributed by atoms with Crippen LogP contribution in [0.5, 0.6) is 0 Å². The summed E-state index contributed by atoms with van der Waals surface area (Å²) < 4.78 is 0.979. The van der Waals surface area contributed by atoms with E-state index in [4.69, 9.17) is 17.3 Å². The lowest BCUT2D eigenvalue weighted by atomic mass is 10.1. The summed E-state index contributed by atoms with van der Waals surface area (Å²) in [5.41, 5.74) is 6.96. The largest absolute Gasteiger partial charge is 0.323 e. The molecule has 1 unspecified atom stereocenters. The van der Waals surface area contributed by atoms with Crippen molar-refractivity contribution in [3.63, 3.8) is 0 Å². The van der Waals surface area contributed by atoms with Gasteiger partial charge >= 0.3 is 0 Å². The Bertz CT molecular complexity index is 379. The maximum atomic E-state index is 5.96. The molecule has 0 fully saturated rings. The van der Waals surface area contributed by atoms with E-state index in [0.717, 1.165) is 10.0 Å². The van der Waals surface area contributed by atoms with Crippen LogP contribution >= 0.6 is 27.5 Å². The van der Waals surface area contributed by atoms with Crippen molar-refractivity contribution in [2.24, 2.45) is 5.73 Å². The molecule has 0 aliphatic rings. The zero-order valence-electron chi connectivity index (χ0n) is 7.85. The topological polar surface area (TPSA) is 26.0 Å². The van der Waals surface area contributed by atoms with Crippen molar-refractivity contribution in [2.75, 3.05) is 0 Å². The van der Waals surface area contributed by atoms with Crippen LogP contribution in [0, 0.1) is 11.8 Å². The van der Waals surface area contributed by atoms with Crippen LogP contribution in [-0.2, 0) is 0 Å². The van der Waals surface area contributed by atoms with Gasteiger partial charge in [-0.1, -0.05) is 27.5 Å². The molecular weight excluding hydrogens is 261 g/mol. The Kier molecular flexibility index (Phi) is 4.47. The third-order valence-electron chi connectivity index (χ3n) is 1.86. The summed E-state index contributed by atoms with van der Waals surface area (Å²) in [6.07, 6.45) is 0.648. The summed E-state index contributed by atoms with van der Waals surface area (Å²) >= 11 is 9.32. The number of hydrogen-bond acceptors (Lipinski definition) is 1. The van der Waals surface area contributed by atoms with E-state index in [9.17, 15) is 0 Å². The first-order valence-corrected chi connectivity index (χ1v) is 5.42. The number of nitrogens with two attached hydrogens (primary N) is 1. The van der Waals surface area contributed by atoms with Crippen LogP contribution in [0.4, 0.5) is 0 Å². The highest BCUT2D eigenvalue weighted by atomic mass is 79.9. The molecule has 0 amide bonds. The Morgan fingerprint density at radius 2 is 2.29 bits per heavy atom. The molecule has 0 saturated carbocycles. The maximum Gasteiger partial charge on any atom is 0.0417 e. The van der Waals surface area contributed by atoms with Crippen molar-refractivity contribution in [3.8, 4) is 11.8 Å². The molecule has 0 saturated heterocycles. The van der Waals surface area contributed by atoms with E-state index in [-0.39, 0.29) is 6.04 Å². The Morgan fingerprint density at radius 3 is 2.93 bits per heavy atom. The lowest BCUT2D eigenvalue weighted by molar-refractivity contribution is 0.750. The van der Waals surface area contributed by atoms with Gasteiger partial charge in [-0.25, -0.2) is 0 Å². The van der Waals surface area contributed by atoms with Crippen LogP contribution in [0.15, 0.2) is 22.7 Å². The highest BCUT2D eigenvalue weighted by Crippen LogP contribution is 2.26. The minimum absolute atomic E-state index is 0.0875. The molecule has 0 heterocycles. The summed E-state index contributed by atoms with van der Waals surface area (Å²) in [5.74, 6) is 5.78. The van der Waals surface area contributed by atoms with Crippen molar-refractivity contribution < 1.29 is 0 Å². The van der Waals surface area contributed by atoms with E-state index in [1.807, 2.05) is 18.2 Å². The van der Waals surface area contributed by atoms with Crippen LogP contribution in [0.3, 0.4) is 0 Å². The normalized spacial score (nSPS) is 11.7. The zero-order valence-corrected chi connectivity index (χ0v) is 10.2. The van der Waals surface area contributed by atoms with E-state index in [2.05, 4.69) is 27.8 Å². The summed E-state index contributed by atoms with van der Waals surface area (Å²) in [5, 5.41) is 0.697. The van der Waals surface area contributed by atoms with Crippen LogP contribution in [0.1, 0.15) is 24.9 Å². The van der Waals surface area contributed by atoms with Crippen LogP contribution < -0.4 is 5.73 Å². The molecule has 0 radical (unpaired) electrons. The first kappa shape index (κ1) is 11.6. The first-order valence-electron chi connectivity index (χ1n) is 4.25. The fourth-order valence-electron chi connectivity index (χ4n) is 1.12. The van der Waals surface area contributed by atoms with E-state index in [1.165, 1.54) is 0 Å². The van der Waals surface area contributed by atoms with Gasteiger partial charge in [-0.15, -0.1) is 11.8 Å². The monoisotopic (exact) mass is 271 g/mol. The molecule has 74 valence electrons. The molecule has 0 spiro atoms. The average molecular weight is 273 g/mol. The van der Waals surface area contributed by atoms with Crippen LogP contribution in [-0.4, -0.2) is 0 Å². The smallest absolute Gasteiger partial charge is 0.0417 e. The summed E-state index contributed by atoms with van der Waals surface area (Å²) in [4.78, 5) is 0. The van der Waals surface area contributed by atoms with Gasteiger partial charge in [-0.2, -0.15) is 0 Å². The molecule has 14 heavy (non-hydrogen) atoms. The fraction of sp³-hybridized carbons (Fsp3) is 0.273. The van der Waals surface area contributed by atoms with E-state index >= 15 is 0 Å². The minimum Gasteiger partial charge on any atom is -0.323 e. The summed E-state index contributed by atoms with van der Waals surface area (Å²) in [7, 11) is 0. The van der Waals surface area contributed by atoms with Gasteiger partial charge < -0.3 is 5.73 Å².